The molecule has 2 aromatic rings. The number of hydrogen-bond donors (Lipinski definition) is 1. The maximum Gasteiger partial charge on any atom is 0.103 e. The van der Waals surface area contributed by atoms with Crippen LogP contribution < -0.4 is 10.6 Å². The van der Waals surface area contributed by atoms with Crippen molar-refractivity contribution in [2.45, 2.75) is 10.9 Å². The van der Waals surface area contributed by atoms with E-state index in [1.54, 1.807) is 0 Å². The summed E-state index contributed by atoms with van der Waals surface area (Å²) in [5.74, 6) is 0. The smallest absolute Gasteiger partial charge is 0.103 e. The van der Waals surface area contributed by atoms with E-state index in [-0.39, 0.29) is 11.6 Å². The molecule has 2 aliphatic heterocycles. The lowest BCUT2D eigenvalue weighted by molar-refractivity contribution is 0.756. The van der Waals surface area contributed by atoms with Gasteiger partial charge in [-0.15, -0.1) is 0 Å². The summed E-state index contributed by atoms with van der Waals surface area (Å²) in [6.45, 7) is 0. The number of nitrogens with two attached hydrogens (primary N) is 1. The maximum absolute atomic E-state index is 9.60. The van der Waals surface area contributed by atoms with Crippen molar-refractivity contribution in [3.63, 3.8) is 0 Å². The molecular formula is C19H12N4S. The number of benzene rings is 2. The van der Waals surface area contributed by atoms with E-state index in [2.05, 4.69) is 17.0 Å². The third kappa shape index (κ3) is 1.93. The van der Waals surface area contributed by atoms with E-state index in [4.69, 9.17) is 5.73 Å². The van der Waals surface area contributed by atoms with Crippen molar-refractivity contribution in [1.82, 2.24) is 0 Å². The van der Waals surface area contributed by atoms with Crippen LogP contribution in [-0.2, 0) is 0 Å². The van der Waals surface area contributed by atoms with Crippen molar-refractivity contribution in [3.8, 4) is 12.1 Å². The van der Waals surface area contributed by atoms with Gasteiger partial charge >= 0.3 is 0 Å². The molecule has 0 saturated carbocycles. The summed E-state index contributed by atoms with van der Waals surface area (Å²) in [6.07, 6.45) is 0. The zero-order chi connectivity index (χ0) is 16.7. The molecule has 0 aliphatic carbocycles. The predicted molar refractivity (Wildman–Crippen MR) is 93.4 cm³/mol. The van der Waals surface area contributed by atoms with E-state index in [9.17, 15) is 10.5 Å². The Morgan fingerprint density at radius 2 is 1.58 bits per heavy atom. The Bertz CT molecular complexity index is 976. The second kappa shape index (κ2) is 5.49. The fourth-order valence-electron chi connectivity index (χ4n) is 3.15. The molecule has 2 aromatic carbocycles. The van der Waals surface area contributed by atoms with Crippen molar-refractivity contribution in [3.05, 3.63) is 82.0 Å². The summed E-state index contributed by atoms with van der Waals surface area (Å²) in [6, 6.07) is 21.8. The molecule has 0 bridgehead atoms. The molecule has 0 radical (unpaired) electrons. The van der Waals surface area contributed by atoms with Gasteiger partial charge in [-0.2, -0.15) is 10.5 Å². The average molecular weight is 328 g/mol. The van der Waals surface area contributed by atoms with Crippen molar-refractivity contribution in [2.24, 2.45) is 5.73 Å². The zero-order valence-electron chi connectivity index (χ0n) is 12.6. The fraction of sp³-hybridized carbons (Fsp3) is 0.0526. The Labute approximate surface area is 144 Å². The molecule has 24 heavy (non-hydrogen) atoms. The van der Waals surface area contributed by atoms with Gasteiger partial charge in [0.05, 0.1) is 17.0 Å². The first-order chi connectivity index (χ1) is 11.8. The van der Waals surface area contributed by atoms with Gasteiger partial charge in [0, 0.05) is 4.90 Å². The lowest BCUT2D eigenvalue weighted by Crippen LogP contribution is -2.34. The largest absolute Gasteiger partial charge is 0.399 e. The molecule has 4 rings (SSSR count). The van der Waals surface area contributed by atoms with E-state index in [1.807, 2.05) is 54.6 Å². The highest BCUT2D eigenvalue weighted by atomic mass is 32.2. The topological polar surface area (TPSA) is 76.8 Å². The number of nitrogens with zero attached hydrogens (tertiary/aromatic N) is 3. The van der Waals surface area contributed by atoms with Crippen LogP contribution in [0.1, 0.15) is 11.6 Å². The third-order valence-electron chi connectivity index (χ3n) is 4.19. The quantitative estimate of drug-likeness (QED) is 0.861. The second-order valence-corrected chi connectivity index (χ2v) is 6.52. The van der Waals surface area contributed by atoms with Crippen LogP contribution in [0, 0.1) is 22.7 Å². The van der Waals surface area contributed by atoms with Crippen LogP contribution in [0.25, 0.3) is 0 Å². The Hall–Kier alpha value is -3.15. The van der Waals surface area contributed by atoms with Crippen LogP contribution in [0.2, 0.25) is 0 Å². The van der Waals surface area contributed by atoms with Crippen molar-refractivity contribution in [1.29, 1.82) is 10.5 Å². The molecule has 2 N–H and O–H groups in total. The molecule has 4 nitrogen and oxygen atoms in total. The Morgan fingerprint density at radius 3 is 2.29 bits per heavy atom. The molecule has 0 amide bonds. The minimum Gasteiger partial charge on any atom is -0.399 e. The molecule has 0 fully saturated rings. The molecule has 0 aromatic heterocycles. The lowest BCUT2D eigenvalue weighted by atomic mass is 9.92. The van der Waals surface area contributed by atoms with Crippen LogP contribution in [0.3, 0.4) is 0 Å². The van der Waals surface area contributed by atoms with Crippen molar-refractivity contribution < 1.29 is 0 Å². The Morgan fingerprint density at radius 1 is 0.917 bits per heavy atom. The van der Waals surface area contributed by atoms with Crippen LogP contribution in [-0.4, -0.2) is 0 Å². The van der Waals surface area contributed by atoms with Crippen molar-refractivity contribution in [2.75, 3.05) is 4.90 Å². The molecule has 114 valence electrons. The van der Waals surface area contributed by atoms with Crippen LogP contribution in [0.4, 0.5) is 5.69 Å². The van der Waals surface area contributed by atoms with Gasteiger partial charge in [0.1, 0.15) is 28.8 Å². The molecular weight excluding hydrogens is 316 g/mol. The number of allylic oxidation sites excluding steroid dienone is 2. The molecule has 1 atom stereocenters. The number of rotatable bonds is 1. The first kappa shape index (κ1) is 14.4. The zero-order valence-corrected chi connectivity index (χ0v) is 13.4. The number of para-hydroxylation sites is 1. The highest BCUT2D eigenvalue weighted by molar-refractivity contribution is 8.03. The summed E-state index contributed by atoms with van der Waals surface area (Å²) in [5.41, 5.74) is 9.42. The predicted octanol–water partition coefficient (Wildman–Crippen LogP) is 3.83. The highest BCUT2D eigenvalue weighted by Gasteiger charge is 2.41. The SMILES string of the molecule is N#CC1=C(N)C(c2ccccc2)N2C(=C1C#N)Sc1ccccc12. The van der Waals surface area contributed by atoms with Gasteiger partial charge in [0.15, 0.2) is 0 Å². The molecule has 5 heteroatoms. The fourth-order valence-corrected chi connectivity index (χ4v) is 4.33. The molecule has 1 unspecified atom stereocenters. The van der Waals surface area contributed by atoms with Gasteiger partial charge in [0.25, 0.3) is 0 Å². The number of nitriles is 2. The van der Waals surface area contributed by atoms with E-state index >= 15 is 0 Å². The van der Waals surface area contributed by atoms with E-state index in [0.717, 1.165) is 21.2 Å². The lowest BCUT2D eigenvalue weighted by Gasteiger charge is -2.35. The summed E-state index contributed by atoms with van der Waals surface area (Å²) < 4.78 is 0. The Balaban J connectivity index is 2.01. The minimum absolute atomic E-state index is 0.276. The molecule has 0 spiro atoms. The number of hydrogen-bond acceptors (Lipinski definition) is 5. The number of thioether (sulfide) groups is 1. The van der Waals surface area contributed by atoms with Gasteiger partial charge in [0.2, 0.25) is 0 Å². The molecule has 0 saturated heterocycles. The summed E-state index contributed by atoms with van der Waals surface area (Å²) in [5, 5.41) is 19.9. The standard InChI is InChI=1S/C19H12N4S/c20-10-13-14(11-21)19-23(15-8-4-5-9-16(15)24-19)18(17(13)22)12-6-2-1-3-7-12/h1-9,18H,22H2. The van der Waals surface area contributed by atoms with Gasteiger partial charge < -0.3 is 10.6 Å². The van der Waals surface area contributed by atoms with Crippen LogP contribution >= 0.6 is 11.8 Å². The van der Waals surface area contributed by atoms with E-state index in [0.29, 0.717) is 11.3 Å². The normalized spacial score (nSPS) is 18.8. The van der Waals surface area contributed by atoms with Gasteiger partial charge in [-0.3, -0.25) is 0 Å². The van der Waals surface area contributed by atoms with Crippen molar-refractivity contribution >= 4 is 17.4 Å². The van der Waals surface area contributed by atoms with Gasteiger partial charge in [-0.05, 0) is 17.7 Å². The van der Waals surface area contributed by atoms with Crippen LogP contribution in [0.5, 0.6) is 0 Å². The highest BCUT2D eigenvalue weighted by Crippen LogP contribution is 2.55. The number of fused-ring (bicyclic) bond motifs is 3. The Kier molecular flexibility index (Phi) is 3.30. The van der Waals surface area contributed by atoms with E-state index < -0.39 is 0 Å². The van der Waals surface area contributed by atoms with Gasteiger partial charge in [-0.1, -0.05) is 54.2 Å². The summed E-state index contributed by atoms with van der Waals surface area (Å²) in [4.78, 5) is 3.14. The summed E-state index contributed by atoms with van der Waals surface area (Å²) in [7, 11) is 0. The second-order valence-electron chi connectivity index (χ2n) is 5.49. The van der Waals surface area contributed by atoms with Gasteiger partial charge in [-0.25, -0.2) is 0 Å². The monoisotopic (exact) mass is 328 g/mol. The minimum atomic E-state index is -0.288. The molecule has 2 heterocycles. The first-order valence-electron chi connectivity index (χ1n) is 7.41. The third-order valence-corrected chi connectivity index (χ3v) is 5.35. The first-order valence-corrected chi connectivity index (χ1v) is 8.23. The maximum atomic E-state index is 9.60. The van der Waals surface area contributed by atoms with E-state index in [1.165, 1.54) is 11.8 Å². The van der Waals surface area contributed by atoms with Crippen LogP contribution in [0.15, 0.2) is 81.4 Å². The number of anilines is 1. The molecule has 2 aliphatic rings. The summed E-state index contributed by atoms with van der Waals surface area (Å²) >= 11 is 1.51. The average Bonchev–Trinajstić information content (AvgIpc) is 3.00.